The van der Waals surface area contributed by atoms with Gasteiger partial charge in [-0.05, 0) is 33.1 Å². The number of hydrogen-bond acceptors (Lipinski definition) is 1. The summed E-state index contributed by atoms with van der Waals surface area (Å²) in [7, 11) is 0. The molecule has 2 heteroatoms. The van der Waals surface area contributed by atoms with Gasteiger partial charge in [-0.15, -0.1) is 10.3 Å². The normalized spacial score (nSPS) is 25.6. The minimum Gasteiger partial charge on any atom is -0.143 e. The smallest absolute Gasteiger partial charge is 0.0518 e. The molecule has 0 aromatic rings. The first-order valence-electron chi connectivity index (χ1n) is 5.46. The summed E-state index contributed by atoms with van der Waals surface area (Å²) in [4.78, 5) is 0. The second kappa shape index (κ2) is 3.58. The highest BCUT2D eigenvalue weighted by Gasteiger charge is 2.56. The summed E-state index contributed by atoms with van der Waals surface area (Å²) < 4.78 is 0. The third-order valence-corrected chi connectivity index (χ3v) is 3.17. The molecule has 0 spiro atoms. The Hall–Kier alpha value is -0.0800. The van der Waals surface area contributed by atoms with Crippen LogP contribution in [0.15, 0.2) is 0 Å². The molecule has 0 saturated carbocycles. The summed E-state index contributed by atoms with van der Waals surface area (Å²) in [5, 5.41) is 13.3. The van der Waals surface area contributed by atoms with Gasteiger partial charge in [0.1, 0.15) is 0 Å². The molecule has 0 amide bonds. The van der Waals surface area contributed by atoms with E-state index in [0.29, 0.717) is 0 Å². The Balaban J connectivity index is 2.62. The lowest BCUT2D eigenvalue weighted by atomic mass is 9.68. The van der Waals surface area contributed by atoms with Crippen LogP contribution in [0.25, 0.3) is 0 Å². The van der Waals surface area contributed by atoms with Crippen LogP contribution >= 0.6 is 0 Å². The largest absolute Gasteiger partial charge is 0.143 e. The van der Waals surface area contributed by atoms with Gasteiger partial charge < -0.3 is 0 Å². The number of rotatable bonds is 4. The second-order valence-electron chi connectivity index (χ2n) is 5.01. The van der Waals surface area contributed by atoms with Crippen LogP contribution in [0, 0.1) is 0 Å². The van der Waals surface area contributed by atoms with Gasteiger partial charge in [0.05, 0.1) is 5.54 Å². The first-order valence-corrected chi connectivity index (χ1v) is 5.46. The molecule has 0 N–H and O–H groups in total. The molecule has 1 heterocycles. The molecule has 1 rings (SSSR count). The van der Waals surface area contributed by atoms with Crippen molar-refractivity contribution in [1.29, 1.82) is 0 Å². The molecule has 1 aliphatic heterocycles. The molecule has 13 heavy (non-hydrogen) atoms. The molecular weight excluding hydrogens is 162 g/mol. The number of nitrogens with zero attached hydrogens (tertiary/aromatic N) is 1. The van der Waals surface area contributed by atoms with Crippen LogP contribution in [-0.4, -0.2) is 16.1 Å². The summed E-state index contributed by atoms with van der Waals surface area (Å²) in [5.74, 6) is 0. The van der Waals surface area contributed by atoms with E-state index in [-0.39, 0.29) is 11.1 Å². The highest BCUT2D eigenvalue weighted by Crippen LogP contribution is 2.48. The summed E-state index contributed by atoms with van der Waals surface area (Å²) >= 11 is 0. The van der Waals surface area contributed by atoms with Crippen molar-refractivity contribution in [2.45, 2.75) is 70.9 Å². The fraction of sp³-hybridized carbons (Fsp3) is 1.00. The maximum Gasteiger partial charge on any atom is 0.0518 e. The van der Waals surface area contributed by atoms with Crippen LogP contribution in [0.1, 0.15) is 59.8 Å². The van der Waals surface area contributed by atoms with Gasteiger partial charge in [0.25, 0.3) is 0 Å². The fourth-order valence-corrected chi connectivity index (χ4v) is 2.94. The molecule has 0 aliphatic carbocycles. The third kappa shape index (κ3) is 1.75. The highest BCUT2D eigenvalue weighted by atomic mass is 16.5. The van der Waals surface area contributed by atoms with Crippen LogP contribution in [0.5, 0.6) is 0 Å². The Labute approximate surface area is 81.9 Å². The molecule has 1 fully saturated rings. The van der Waals surface area contributed by atoms with Crippen LogP contribution in [-0.2, 0) is 5.21 Å². The van der Waals surface area contributed by atoms with Crippen molar-refractivity contribution in [2.24, 2.45) is 0 Å². The van der Waals surface area contributed by atoms with Crippen molar-refractivity contribution in [1.82, 2.24) is 5.06 Å². The van der Waals surface area contributed by atoms with E-state index in [1.54, 1.807) is 0 Å². The van der Waals surface area contributed by atoms with Crippen molar-refractivity contribution < 1.29 is 5.21 Å². The lowest BCUT2D eigenvalue weighted by Crippen LogP contribution is -2.69. The van der Waals surface area contributed by atoms with Crippen LogP contribution in [0.2, 0.25) is 0 Å². The van der Waals surface area contributed by atoms with E-state index < -0.39 is 0 Å². The topological polar surface area (TPSA) is 23.1 Å². The van der Waals surface area contributed by atoms with Crippen LogP contribution in [0.3, 0.4) is 0 Å². The predicted molar refractivity (Wildman–Crippen MR) is 53.8 cm³/mol. The predicted octanol–water partition coefficient (Wildman–Crippen LogP) is 3.16. The average molecular weight is 184 g/mol. The van der Waals surface area contributed by atoms with E-state index in [0.717, 1.165) is 32.1 Å². The van der Waals surface area contributed by atoms with Gasteiger partial charge in [-0.25, -0.2) is 0 Å². The standard InChI is InChI=1S/C11H22NO/c1-5-7-11(8-6-2)9-10(3,4)12(11)13/h5-9H2,1-4H3. The van der Waals surface area contributed by atoms with E-state index >= 15 is 0 Å². The fourth-order valence-electron chi connectivity index (χ4n) is 2.94. The number of hydrogen-bond donors (Lipinski definition) is 0. The van der Waals surface area contributed by atoms with E-state index in [4.69, 9.17) is 0 Å². The Morgan fingerprint density at radius 3 is 1.85 bits per heavy atom. The van der Waals surface area contributed by atoms with Crippen molar-refractivity contribution in [3.8, 4) is 0 Å². The molecule has 1 saturated heterocycles. The quantitative estimate of drug-likeness (QED) is 0.658. The van der Waals surface area contributed by atoms with Crippen molar-refractivity contribution in [2.75, 3.05) is 0 Å². The maximum atomic E-state index is 11.9. The number of hydroxylamine groups is 2. The van der Waals surface area contributed by atoms with Gasteiger partial charge in [-0.2, -0.15) is 0 Å². The van der Waals surface area contributed by atoms with Gasteiger partial charge in [-0.1, -0.05) is 26.7 Å². The average Bonchev–Trinajstić information content (AvgIpc) is 2.04. The molecule has 77 valence electrons. The van der Waals surface area contributed by atoms with Gasteiger partial charge in [0.15, 0.2) is 0 Å². The summed E-state index contributed by atoms with van der Waals surface area (Å²) in [6.45, 7) is 8.42. The Morgan fingerprint density at radius 2 is 1.62 bits per heavy atom. The zero-order valence-electron chi connectivity index (χ0n) is 9.39. The van der Waals surface area contributed by atoms with Gasteiger partial charge in [0, 0.05) is 5.54 Å². The zero-order valence-corrected chi connectivity index (χ0v) is 9.39. The van der Waals surface area contributed by atoms with Crippen LogP contribution < -0.4 is 0 Å². The molecule has 1 radical (unpaired) electrons. The molecule has 0 bridgehead atoms. The summed E-state index contributed by atoms with van der Waals surface area (Å²) in [5.41, 5.74) is -0.114. The minimum absolute atomic E-state index is 0.00694. The molecule has 1 aliphatic rings. The Morgan fingerprint density at radius 1 is 1.15 bits per heavy atom. The lowest BCUT2D eigenvalue weighted by Gasteiger charge is -2.58. The van der Waals surface area contributed by atoms with Crippen molar-refractivity contribution in [3.05, 3.63) is 0 Å². The SMILES string of the molecule is CCCC1(CCC)CC(C)(C)N1[O]. The van der Waals surface area contributed by atoms with E-state index in [2.05, 4.69) is 13.8 Å². The van der Waals surface area contributed by atoms with Gasteiger partial charge >= 0.3 is 0 Å². The molecular formula is C11H22NO. The Kier molecular flexibility index (Phi) is 3.03. The summed E-state index contributed by atoms with van der Waals surface area (Å²) in [6.07, 6.45) is 5.44. The van der Waals surface area contributed by atoms with Crippen molar-refractivity contribution in [3.63, 3.8) is 0 Å². The minimum atomic E-state index is -0.107. The maximum absolute atomic E-state index is 11.9. The molecule has 0 aromatic heterocycles. The Bertz CT molecular complexity index is 171. The zero-order chi connectivity index (χ0) is 10.1. The molecule has 2 nitrogen and oxygen atoms in total. The first-order chi connectivity index (χ1) is 5.98. The summed E-state index contributed by atoms with van der Waals surface area (Å²) in [6, 6.07) is 0. The van der Waals surface area contributed by atoms with E-state index in [1.807, 2.05) is 13.8 Å². The molecule has 0 aromatic carbocycles. The van der Waals surface area contributed by atoms with Gasteiger partial charge in [0.2, 0.25) is 0 Å². The monoisotopic (exact) mass is 184 g/mol. The van der Waals surface area contributed by atoms with Crippen LogP contribution in [0.4, 0.5) is 0 Å². The third-order valence-electron chi connectivity index (χ3n) is 3.17. The van der Waals surface area contributed by atoms with E-state index in [9.17, 15) is 5.21 Å². The molecule has 0 atom stereocenters. The highest BCUT2D eigenvalue weighted by molar-refractivity contribution is 5.06. The van der Waals surface area contributed by atoms with E-state index in [1.165, 1.54) is 5.06 Å². The van der Waals surface area contributed by atoms with Crippen molar-refractivity contribution >= 4 is 0 Å². The van der Waals surface area contributed by atoms with Gasteiger partial charge in [-0.3, -0.25) is 0 Å². The first kappa shape index (κ1) is 11.0. The molecule has 0 unspecified atom stereocenters. The second-order valence-corrected chi connectivity index (χ2v) is 5.01. The lowest BCUT2D eigenvalue weighted by molar-refractivity contribution is -0.352.